The minimum Gasteiger partial charge on any atom is -0.467 e. The number of carbonyl (C=O) groups excluding carboxylic acids is 2. The summed E-state index contributed by atoms with van der Waals surface area (Å²) in [5.41, 5.74) is 0. The van der Waals surface area contributed by atoms with Crippen molar-refractivity contribution in [3.05, 3.63) is 12.2 Å². The Kier molecular flexibility index (Phi) is 6.02. The second-order valence-electron chi connectivity index (χ2n) is 5.21. The molecule has 0 aromatic rings. The molecule has 0 aromatic carbocycles. The molecular weight excluding hydrogens is 246 g/mol. The number of amides is 1. The molecule has 0 heterocycles. The summed E-state index contributed by atoms with van der Waals surface area (Å²) in [5, 5.41) is 12.0. The van der Waals surface area contributed by atoms with Gasteiger partial charge in [0.2, 0.25) is 5.91 Å². The summed E-state index contributed by atoms with van der Waals surface area (Å²) in [6.45, 7) is 3.65. The molecule has 1 aliphatic rings. The molecule has 0 bridgehead atoms. The number of carbonyl (C=O) groups is 2. The van der Waals surface area contributed by atoms with E-state index in [9.17, 15) is 14.7 Å². The molecule has 3 atom stereocenters. The molecule has 5 nitrogen and oxygen atoms in total. The summed E-state index contributed by atoms with van der Waals surface area (Å²) in [6.07, 6.45) is 5.36. The molecule has 0 saturated heterocycles. The molecule has 0 aliphatic heterocycles. The molecule has 0 spiro atoms. The van der Waals surface area contributed by atoms with Crippen molar-refractivity contribution in [1.82, 2.24) is 5.32 Å². The third-order valence-corrected chi connectivity index (χ3v) is 3.51. The highest BCUT2D eigenvalue weighted by Gasteiger charge is 2.32. The molecule has 2 N–H and O–H groups in total. The van der Waals surface area contributed by atoms with Crippen molar-refractivity contribution in [1.29, 1.82) is 0 Å². The van der Waals surface area contributed by atoms with E-state index in [1.165, 1.54) is 7.11 Å². The van der Waals surface area contributed by atoms with Crippen LogP contribution >= 0.6 is 0 Å². The first-order valence-electron chi connectivity index (χ1n) is 6.67. The molecule has 5 heteroatoms. The molecule has 0 radical (unpaired) electrons. The van der Waals surface area contributed by atoms with Crippen LogP contribution in [-0.4, -0.2) is 36.7 Å². The van der Waals surface area contributed by atoms with E-state index in [0.29, 0.717) is 6.42 Å². The number of allylic oxidation sites excluding steroid dienone is 1. The van der Waals surface area contributed by atoms with E-state index in [4.69, 9.17) is 4.74 Å². The minimum absolute atomic E-state index is 0.0388. The van der Waals surface area contributed by atoms with Crippen LogP contribution in [0.3, 0.4) is 0 Å². The Morgan fingerprint density at radius 2 is 2.16 bits per heavy atom. The largest absolute Gasteiger partial charge is 0.467 e. The van der Waals surface area contributed by atoms with E-state index < -0.39 is 12.0 Å². The summed E-state index contributed by atoms with van der Waals surface area (Å²) in [7, 11) is 1.31. The average molecular weight is 269 g/mol. The highest BCUT2D eigenvalue weighted by molar-refractivity contribution is 5.86. The number of hydrogen-bond donors (Lipinski definition) is 2. The molecule has 1 aliphatic carbocycles. The lowest BCUT2D eigenvalue weighted by Gasteiger charge is -2.28. The van der Waals surface area contributed by atoms with Crippen molar-refractivity contribution in [2.24, 2.45) is 17.8 Å². The summed E-state index contributed by atoms with van der Waals surface area (Å²) in [5.74, 6) is -1.11. The smallest absolute Gasteiger partial charge is 0.328 e. The molecule has 19 heavy (non-hydrogen) atoms. The zero-order valence-corrected chi connectivity index (χ0v) is 11.8. The maximum absolute atomic E-state index is 12.2. The van der Waals surface area contributed by atoms with Gasteiger partial charge in [0, 0.05) is 11.8 Å². The Morgan fingerprint density at radius 1 is 1.47 bits per heavy atom. The van der Waals surface area contributed by atoms with E-state index >= 15 is 0 Å². The van der Waals surface area contributed by atoms with Crippen molar-refractivity contribution >= 4 is 11.9 Å². The lowest BCUT2D eigenvalue weighted by Crippen LogP contribution is -2.48. The molecule has 0 saturated carbocycles. The number of rotatable bonds is 5. The SMILES string of the molecule is COC(=O)C(NC(=O)C1CCC=CC1CO)C(C)C. The number of nitrogens with one attached hydrogen (secondary N) is 1. The van der Waals surface area contributed by atoms with E-state index in [1.807, 2.05) is 26.0 Å². The topological polar surface area (TPSA) is 75.6 Å². The Labute approximate surface area is 114 Å². The third-order valence-electron chi connectivity index (χ3n) is 3.51. The zero-order valence-electron chi connectivity index (χ0n) is 11.8. The summed E-state index contributed by atoms with van der Waals surface area (Å²) in [4.78, 5) is 23.9. The Balaban J connectivity index is 2.71. The van der Waals surface area contributed by atoms with Crippen LogP contribution in [-0.2, 0) is 14.3 Å². The number of ether oxygens (including phenoxy) is 1. The van der Waals surface area contributed by atoms with Crippen LogP contribution in [0.15, 0.2) is 12.2 Å². The van der Waals surface area contributed by atoms with Crippen LogP contribution in [0.5, 0.6) is 0 Å². The van der Waals surface area contributed by atoms with Gasteiger partial charge in [-0.05, 0) is 18.8 Å². The summed E-state index contributed by atoms with van der Waals surface area (Å²) >= 11 is 0. The summed E-state index contributed by atoms with van der Waals surface area (Å²) in [6, 6.07) is -0.636. The molecule has 0 aromatic heterocycles. The Morgan fingerprint density at radius 3 is 2.68 bits per heavy atom. The molecule has 1 rings (SSSR count). The highest BCUT2D eigenvalue weighted by Crippen LogP contribution is 2.25. The first-order valence-corrected chi connectivity index (χ1v) is 6.67. The van der Waals surface area contributed by atoms with Gasteiger partial charge in [-0.2, -0.15) is 0 Å². The highest BCUT2D eigenvalue weighted by atomic mass is 16.5. The maximum atomic E-state index is 12.2. The second kappa shape index (κ2) is 7.28. The molecule has 1 amide bonds. The Bertz CT molecular complexity index is 351. The van der Waals surface area contributed by atoms with Gasteiger partial charge in [0.05, 0.1) is 13.7 Å². The number of methoxy groups -OCH3 is 1. The van der Waals surface area contributed by atoms with Gasteiger partial charge < -0.3 is 15.2 Å². The molecule has 108 valence electrons. The van der Waals surface area contributed by atoms with Crippen molar-refractivity contribution in [2.45, 2.75) is 32.7 Å². The van der Waals surface area contributed by atoms with Crippen molar-refractivity contribution in [3.8, 4) is 0 Å². The molecular formula is C14H23NO4. The van der Waals surface area contributed by atoms with Gasteiger partial charge in [0.1, 0.15) is 6.04 Å². The monoisotopic (exact) mass is 269 g/mol. The van der Waals surface area contributed by atoms with E-state index in [2.05, 4.69) is 5.32 Å². The number of aliphatic hydroxyl groups is 1. The number of esters is 1. The standard InChI is InChI=1S/C14H23NO4/c1-9(2)12(14(18)19-3)15-13(17)11-7-5-4-6-10(11)8-16/h4,6,9-12,16H,5,7-8H2,1-3H3,(H,15,17). The van der Waals surface area contributed by atoms with Gasteiger partial charge in [-0.15, -0.1) is 0 Å². The van der Waals surface area contributed by atoms with Gasteiger partial charge in [0.15, 0.2) is 0 Å². The molecule has 0 fully saturated rings. The van der Waals surface area contributed by atoms with Crippen LogP contribution in [0.2, 0.25) is 0 Å². The van der Waals surface area contributed by atoms with Crippen LogP contribution in [0.25, 0.3) is 0 Å². The van der Waals surface area contributed by atoms with Gasteiger partial charge in [-0.25, -0.2) is 4.79 Å². The van der Waals surface area contributed by atoms with Gasteiger partial charge >= 0.3 is 5.97 Å². The van der Waals surface area contributed by atoms with E-state index in [-0.39, 0.29) is 30.3 Å². The van der Waals surface area contributed by atoms with Crippen LogP contribution in [0, 0.1) is 17.8 Å². The quantitative estimate of drug-likeness (QED) is 0.574. The van der Waals surface area contributed by atoms with Crippen LogP contribution in [0.4, 0.5) is 0 Å². The fourth-order valence-electron chi connectivity index (χ4n) is 2.29. The lowest BCUT2D eigenvalue weighted by atomic mass is 9.83. The third kappa shape index (κ3) is 4.06. The minimum atomic E-state index is -0.636. The number of aliphatic hydroxyl groups excluding tert-OH is 1. The van der Waals surface area contributed by atoms with Crippen LogP contribution in [0.1, 0.15) is 26.7 Å². The van der Waals surface area contributed by atoms with E-state index in [0.717, 1.165) is 6.42 Å². The van der Waals surface area contributed by atoms with Crippen LogP contribution < -0.4 is 5.32 Å². The van der Waals surface area contributed by atoms with Gasteiger partial charge in [-0.3, -0.25) is 4.79 Å². The maximum Gasteiger partial charge on any atom is 0.328 e. The fourth-order valence-corrected chi connectivity index (χ4v) is 2.29. The van der Waals surface area contributed by atoms with Crippen molar-refractivity contribution < 1.29 is 19.4 Å². The first kappa shape index (κ1) is 15.7. The van der Waals surface area contributed by atoms with Crippen molar-refractivity contribution in [3.63, 3.8) is 0 Å². The predicted octanol–water partition coefficient (Wildman–Crippen LogP) is 0.875. The predicted molar refractivity (Wildman–Crippen MR) is 71.2 cm³/mol. The normalized spacial score (nSPS) is 24.1. The lowest BCUT2D eigenvalue weighted by molar-refractivity contribution is -0.147. The van der Waals surface area contributed by atoms with Gasteiger partial charge in [-0.1, -0.05) is 26.0 Å². The van der Waals surface area contributed by atoms with Gasteiger partial charge in [0.25, 0.3) is 0 Å². The van der Waals surface area contributed by atoms with Crippen molar-refractivity contribution in [2.75, 3.05) is 13.7 Å². The van der Waals surface area contributed by atoms with E-state index in [1.54, 1.807) is 0 Å². The average Bonchev–Trinajstić information content (AvgIpc) is 2.43. The first-order chi connectivity index (χ1) is 9.01. The zero-order chi connectivity index (χ0) is 14.4. The fraction of sp³-hybridized carbons (Fsp3) is 0.714. The summed E-state index contributed by atoms with van der Waals surface area (Å²) < 4.78 is 4.70. The second-order valence-corrected chi connectivity index (χ2v) is 5.21. The number of hydrogen-bond acceptors (Lipinski definition) is 4. The molecule has 3 unspecified atom stereocenters. The Hall–Kier alpha value is -1.36.